The predicted molar refractivity (Wildman–Crippen MR) is 123 cm³/mol. The van der Waals surface area contributed by atoms with Gasteiger partial charge in [-0.05, 0) is 20.9 Å². The third-order valence-corrected chi connectivity index (χ3v) is 6.35. The minimum atomic E-state index is -0.911. The summed E-state index contributed by atoms with van der Waals surface area (Å²) in [6, 6.07) is 0. The van der Waals surface area contributed by atoms with Crippen LogP contribution in [-0.2, 0) is 4.79 Å². The summed E-state index contributed by atoms with van der Waals surface area (Å²) in [6.45, 7) is 7.17. The zero-order valence-corrected chi connectivity index (χ0v) is 19.2. The van der Waals surface area contributed by atoms with E-state index in [4.69, 9.17) is 10.5 Å². The highest BCUT2D eigenvalue weighted by atomic mass is 32.2. The first-order valence-electron chi connectivity index (χ1n) is 10.1. The lowest BCUT2D eigenvalue weighted by Gasteiger charge is -2.34. The van der Waals surface area contributed by atoms with Crippen molar-refractivity contribution < 1.29 is 9.53 Å². The second-order valence-corrected chi connectivity index (χ2v) is 9.54. The number of nitrogen functional groups attached to an aromatic ring is 1. The number of piperazine rings is 1. The largest absolute Gasteiger partial charge is 0.479 e. The fourth-order valence-corrected chi connectivity index (χ4v) is 4.29. The molecule has 4 N–H and O–H groups in total. The normalized spacial score (nSPS) is 15.2. The Morgan fingerprint density at radius 1 is 1.22 bits per heavy atom. The topological polar surface area (TPSA) is 151 Å². The van der Waals surface area contributed by atoms with Crippen molar-refractivity contribution in [3.05, 3.63) is 12.5 Å². The van der Waals surface area contributed by atoms with Crippen LogP contribution in [-0.4, -0.2) is 85.8 Å². The molecule has 0 aromatic carbocycles. The van der Waals surface area contributed by atoms with Crippen molar-refractivity contribution >= 4 is 46.4 Å². The van der Waals surface area contributed by atoms with Gasteiger partial charge in [-0.3, -0.25) is 10.1 Å². The molecular weight excluding hydrogens is 432 g/mol. The van der Waals surface area contributed by atoms with Gasteiger partial charge in [-0.2, -0.15) is 9.97 Å². The van der Waals surface area contributed by atoms with Crippen LogP contribution in [0, 0.1) is 0 Å². The number of nitrogens with one attached hydrogen (secondary N) is 2. The van der Waals surface area contributed by atoms with Gasteiger partial charge in [0.25, 0.3) is 0 Å². The fourth-order valence-electron chi connectivity index (χ4n) is 3.27. The van der Waals surface area contributed by atoms with Gasteiger partial charge in [0.15, 0.2) is 5.65 Å². The van der Waals surface area contributed by atoms with E-state index in [9.17, 15) is 4.79 Å². The van der Waals surface area contributed by atoms with Crippen LogP contribution in [0.25, 0.3) is 11.2 Å². The van der Waals surface area contributed by atoms with Crippen LogP contribution in [0.1, 0.15) is 13.8 Å². The van der Waals surface area contributed by atoms with Crippen molar-refractivity contribution in [1.82, 2.24) is 34.8 Å². The minimum Gasteiger partial charge on any atom is -0.479 e. The summed E-state index contributed by atoms with van der Waals surface area (Å²) in [6.07, 6.45) is 3.20. The molecule has 0 unspecified atom stereocenters. The Kier molecular flexibility index (Phi) is 6.02. The molecule has 0 saturated carbocycles. The smallest absolute Gasteiger partial charge is 0.242 e. The molecule has 32 heavy (non-hydrogen) atoms. The van der Waals surface area contributed by atoms with Crippen molar-refractivity contribution in [3.63, 3.8) is 0 Å². The molecule has 1 amide bonds. The number of carbonyl (C=O) groups is 1. The Bertz CT molecular complexity index is 1130. The van der Waals surface area contributed by atoms with Crippen molar-refractivity contribution in [3.8, 4) is 5.88 Å². The predicted octanol–water partition coefficient (Wildman–Crippen LogP) is 0.995. The number of nitrogens with two attached hydrogens (primary N) is 1. The number of amides is 1. The molecule has 13 heteroatoms. The molecular formula is C19H26N10O2S. The van der Waals surface area contributed by atoms with Crippen LogP contribution in [0.3, 0.4) is 0 Å². The Labute approximate surface area is 189 Å². The number of hydrogen-bond acceptors (Lipinski definition) is 11. The minimum absolute atomic E-state index is 0.0934. The molecule has 1 aliphatic heterocycles. The molecule has 3 aromatic heterocycles. The Morgan fingerprint density at radius 3 is 2.69 bits per heavy atom. The zero-order chi connectivity index (χ0) is 22.9. The van der Waals surface area contributed by atoms with Crippen LogP contribution in [0.5, 0.6) is 5.88 Å². The summed E-state index contributed by atoms with van der Waals surface area (Å²) in [5.41, 5.74) is 7.67. The van der Waals surface area contributed by atoms with Crippen molar-refractivity contribution in [2.45, 2.75) is 23.6 Å². The van der Waals surface area contributed by atoms with Crippen LogP contribution in [0.15, 0.2) is 17.6 Å². The van der Waals surface area contributed by atoms with Gasteiger partial charge in [-0.25, -0.2) is 15.0 Å². The maximum atomic E-state index is 13.1. The van der Waals surface area contributed by atoms with E-state index in [0.717, 1.165) is 31.9 Å². The summed E-state index contributed by atoms with van der Waals surface area (Å²) < 4.78 is 4.57. The van der Waals surface area contributed by atoms with Crippen LogP contribution in [0.4, 0.5) is 17.6 Å². The van der Waals surface area contributed by atoms with E-state index in [1.807, 2.05) is 0 Å². The standard InChI is InChI=1S/C19H26N10O2S/c1-19(2,32-15-12-13(23-10-22-12)24-17(20)26-15)16(30)27-18-21-9-11(14(25-18)31-4)29-7-5-28(3)6-8-29/h9-10H,5-8H2,1-4H3,(H,21,25,27,30)(H3,20,22,23,24,26). The van der Waals surface area contributed by atoms with E-state index in [0.29, 0.717) is 22.1 Å². The number of carbonyl (C=O) groups excluding carboxylic acids is 1. The lowest BCUT2D eigenvalue weighted by atomic mass is 10.2. The van der Waals surface area contributed by atoms with Gasteiger partial charge in [-0.15, -0.1) is 0 Å². The number of hydrogen-bond donors (Lipinski definition) is 3. The third kappa shape index (κ3) is 4.53. The zero-order valence-electron chi connectivity index (χ0n) is 18.4. The number of imidazole rings is 1. The van der Waals surface area contributed by atoms with Gasteiger partial charge in [0.05, 0.1) is 24.4 Å². The van der Waals surface area contributed by atoms with Gasteiger partial charge in [0, 0.05) is 26.2 Å². The number of H-pyrrole nitrogens is 1. The summed E-state index contributed by atoms with van der Waals surface area (Å²) >= 11 is 1.24. The number of ether oxygens (including phenoxy) is 1. The Morgan fingerprint density at radius 2 is 1.97 bits per heavy atom. The average Bonchev–Trinajstić information content (AvgIpc) is 3.22. The molecule has 1 aliphatic rings. The number of methoxy groups -OCH3 is 1. The molecule has 0 spiro atoms. The first kappa shape index (κ1) is 22.0. The monoisotopic (exact) mass is 458 g/mol. The molecule has 0 atom stereocenters. The summed E-state index contributed by atoms with van der Waals surface area (Å²) in [5, 5.41) is 3.32. The van der Waals surface area contributed by atoms with E-state index in [2.05, 4.69) is 52.1 Å². The van der Waals surface area contributed by atoms with Crippen LogP contribution < -0.4 is 20.7 Å². The molecule has 1 fully saturated rings. The van der Waals surface area contributed by atoms with Crippen LogP contribution in [0.2, 0.25) is 0 Å². The maximum Gasteiger partial charge on any atom is 0.242 e. The highest BCUT2D eigenvalue weighted by Crippen LogP contribution is 2.35. The molecule has 1 saturated heterocycles. The molecule has 3 aromatic rings. The number of rotatable bonds is 6. The molecule has 4 rings (SSSR count). The molecule has 12 nitrogen and oxygen atoms in total. The Hall–Kier alpha value is -3.19. The molecule has 0 aliphatic carbocycles. The van der Waals surface area contributed by atoms with Gasteiger partial charge in [0.1, 0.15) is 16.2 Å². The van der Waals surface area contributed by atoms with Crippen molar-refractivity contribution in [2.75, 3.05) is 56.3 Å². The van der Waals surface area contributed by atoms with Gasteiger partial charge in [-0.1, -0.05) is 11.8 Å². The van der Waals surface area contributed by atoms with E-state index in [1.165, 1.54) is 18.1 Å². The summed E-state index contributed by atoms with van der Waals surface area (Å²) in [5.74, 6) is 0.401. The second kappa shape index (κ2) is 8.74. The number of aromatic amines is 1. The van der Waals surface area contributed by atoms with E-state index in [1.54, 1.807) is 27.2 Å². The summed E-state index contributed by atoms with van der Waals surface area (Å²) in [4.78, 5) is 41.7. The highest BCUT2D eigenvalue weighted by Gasteiger charge is 2.32. The highest BCUT2D eigenvalue weighted by molar-refractivity contribution is 8.01. The first-order chi connectivity index (χ1) is 15.3. The number of fused-ring (bicyclic) bond motifs is 1. The summed E-state index contributed by atoms with van der Waals surface area (Å²) in [7, 11) is 3.65. The molecule has 0 radical (unpaired) electrons. The lowest BCUT2D eigenvalue weighted by molar-refractivity contribution is -0.117. The molecule has 170 valence electrons. The van der Waals surface area contributed by atoms with E-state index in [-0.39, 0.29) is 17.8 Å². The number of thioether (sulfide) groups is 1. The van der Waals surface area contributed by atoms with Gasteiger partial charge < -0.3 is 25.3 Å². The van der Waals surface area contributed by atoms with Crippen molar-refractivity contribution in [2.24, 2.45) is 0 Å². The molecule has 4 heterocycles. The first-order valence-corrected chi connectivity index (χ1v) is 10.9. The maximum absolute atomic E-state index is 13.1. The third-order valence-electron chi connectivity index (χ3n) is 5.17. The van der Waals surface area contributed by atoms with Crippen LogP contribution >= 0.6 is 11.8 Å². The van der Waals surface area contributed by atoms with Gasteiger partial charge in [0.2, 0.25) is 23.7 Å². The second-order valence-electron chi connectivity index (χ2n) is 7.93. The van der Waals surface area contributed by atoms with E-state index < -0.39 is 4.75 Å². The average molecular weight is 459 g/mol. The molecule has 0 bridgehead atoms. The number of nitrogens with zero attached hydrogens (tertiary/aromatic N) is 7. The van der Waals surface area contributed by atoms with Gasteiger partial charge >= 0.3 is 0 Å². The number of aromatic nitrogens is 6. The fraction of sp³-hybridized carbons (Fsp3) is 0.474. The van der Waals surface area contributed by atoms with Crippen molar-refractivity contribution in [1.29, 1.82) is 0 Å². The SMILES string of the molecule is COc1nc(NC(=O)C(C)(C)Sc2nc(N)nc3nc[nH]c23)ncc1N1CCN(C)CC1. The number of likely N-dealkylation sites (N-methyl/N-ethyl adjacent to an activating group) is 1. The quantitative estimate of drug-likeness (QED) is 0.358. The number of anilines is 3. The van der Waals surface area contributed by atoms with E-state index >= 15 is 0 Å². The Balaban J connectivity index is 1.50. The lowest BCUT2D eigenvalue weighted by Crippen LogP contribution is -2.44.